The van der Waals surface area contributed by atoms with Crippen molar-refractivity contribution in [2.45, 2.75) is 72.8 Å². The van der Waals surface area contributed by atoms with Crippen molar-refractivity contribution in [1.29, 1.82) is 0 Å². The maximum atomic E-state index is 12.1. The van der Waals surface area contributed by atoms with Gasteiger partial charge in [0, 0.05) is 36.2 Å². The highest BCUT2D eigenvalue weighted by atomic mass is 16.5. The molecule has 4 nitrogen and oxygen atoms in total. The Bertz CT molecular complexity index is 916. The molecule has 0 atom stereocenters. The van der Waals surface area contributed by atoms with Crippen molar-refractivity contribution in [3.63, 3.8) is 0 Å². The molecule has 1 heterocycles. The van der Waals surface area contributed by atoms with Crippen LogP contribution < -0.4 is 9.80 Å². The van der Waals surface area contributed by atoms with Crippen LogP contribution in [-0.4, -0.2) is 31.7 Å². The van der Waals surface area contributed by atoms with Crippen molar-refractivity contribution in [2.24, 2.45) is 5.92 Å². The lowest BCUT2D eigenvalue weighted by atomic mass is 9.77. The van der Waals surface area contributed by atoms with Crippen LogP contribution in [0.4, 0.5) is 17.1 Å². The largest absolute Gasteiger partial charge is 0.462 e. The highest BCUT2D eigenvalue weighted by Crippen LogP contribution is 2.43. The van der Waals surface area contributed by atoms with Crippen molar-refractivity contribution in [3.8, 4) is 0 Å². The summed E-state index contributed by atoms with van der Waals surface area (Å²) in [4.78, 5) is 17.0. The fraction of sp³-hybridized carbons (Fsp3) is 0.536. The first-order valence-electron chi connectivity index (χ1n) is 12.1. The molecule has 2 aromatic carbocycles. The van der Waals surface area contributed by atoms with Gasteiger partial charge in [-0.25, -0.2) is 4.79 Å². The Hall–Kier alpha value is -2.49. The molecule has 0 fully saturated rings. The van der Waals surface area contributed by atoms with Gasteiger partial charge < -0.3 is 14.5 Å². The van der Waals surface area contributed by atoms with Crippen molar-refractivity contribution in [3.05, 3.63) is 53.6 Å². The summed E-state index contributed by atoms with van der Waals surface area (Å²) in [6.07, 6.45) is 2.25. The van der Waals surface area contributed by atoms with Gasteiger partial charge in [-0.1, -0.05) is 27.7 Å². The lowest BCUT2D eigenvalue weighted by molar-refractivity contribution is 0.0526. The van der Waals surface area contributed by atoms with Gasteiger partial charge in [0.1, 0.15) is 0 Å². The molecule has 1 aliphatic heterocycles. The minimum absolute atomic E-state index is 0.147. The van der Waals surface area contributed by atoms with Crippen molar-refractivity contribution in [2.75, 3.05) is 29.5 Å². The number of fused-ring (bicyclic) bond motifs is 1. The van der Waals surface area contributed by atoms with Gasteiger partial charge in [-0.05, 0) is 93.0 Å². The van der Waals surface area contributed by atoms with Gasteiger partial charge in [-0.3, -0.25) is 0 Å². The smallest absolute Gasteiger partial charge is 0.338 e. The zero-order chi connectivity index (χ0) is 23.5. The van der Waals surface area contributed by atoms with Gasteiger partial charge in [0.25, 0.3) is 0 Å². The normalized spacial score (nSPS) is 15.1. The lowest BCUT2D eigenvalue weighted by Gasteiger charge is -2.43. The van der Waals surface area contributed by atoms with E-state index >= 15 is 0 Å². The molecule has 3 rings (SSSR count). The number of anilines is 3. The number of nitrogens with zero attached hydrogens (tertiary/aromatic N) is 2. The molecule has 174 valence electrons. The van der Waals surface area contributed by atoms with Gasteiger partial charge in [-0.2, -0.15) is 0 Å². The molecule has 4 heteroatoms. The first kappa shape index (κ1) is 24.2. The number of benzene rings is 2. The Morgan fingerprint density at radius 2 is 1.72 bits per heavy atom. The topological polar surface area (TPSA) is 32.8 Å². The molecule has 0 aliphatic carbocycles. The number of rotatable bonds is 8. The second kappa shape index (κ2) is 9.97. The average Bonchev–Trinajstić information content (AvgIpc) is 2.74. The van der Waals surface area contributed by atoms with Gasteiger partial charge in [0.05, 0.1) is 12.2 Å². The van der Waals surface area contributed by atoms with E-state index in [1.54, 1.807) is 0 Å². The number of carbonyl (C=O) groups excluding carboxylic acids is 1. The molecule has 0 amide bonds. The highest BCUT2D eigenvalue weighted by molar-refractivity contribution is 5.90. The number of hydrogen-bond acceptors (Lipinski definition) is 4. The van der Waals surface area contributed by atoms with Gasteiger partial charge in [-0.15, -0.1) is 0 Å². The lowest BCUT2D eigenvalue weighted by Crippen LogP contribution is -2.41. The Labute approximate surface area is 194 Å². The minimum Gasteiger partial charge on any atom is -0.462 e. The molecule has 32 heavy (non-hydrogen) atoms. The quantitative estimate of drug-likeness (QED) is 0.419. The number of hydrogen-bond donors (Lipinski definition) is 0. The van der Waals surface area contributed by atoms with E-state index in [4.69, 9.17) is 4.74 Å². The van der Waals surface area contributed by atoms with Crippen LogP contribution in [0.15, 0.2) is 42.5 Å². The molecule has 0 N–H and O–H groups in total. The first-order valence-corrected chi connectivity index (χ1v) is 12.1. The molecule has 0 saturated carbocycles. The summed E-state index contributed by atoms with van der Waals surface area (Å²) in [6.45, 7) is 18.0. The monoisotopic (exact) mass is 436 g/mol. The van der Waals surface area contributed by atoms with E-state index in [1.165, 1.54) is 16.9 Å². The summed E-state index contributed by atoms with van der Waals surface area (Å²) in [5.41, 5.74) is 5.85. The summed E-state index contributed by atoms with van der Waals surface area (Å²) >= 11 is 0. The third-order valence-corrected chi connectivity index (χ3v) is 6.55. The predicted octanol–water partition coefficient (Wildman–Crippen LogP) is 6.94. The van der Waals surface area contributed by atoms with Gasteiger partial charge in [0.15, 0.2) is 0 Å². The van der Waals surface area contributed by atoms with Crippen LogP contribution in [0.1, 0.15) is 77.2 Å². The molecule has 2 aromatic rings. The summed E-state index contributed by atoms with van der Waals surface area (Å²) in [5.74, 6) is 0.346. The molecular weight excluding hydrogens is 396 g/mol. The van der Waals surface area contributed by atoms with Gasteiger partial charge in [0.2, 0.25) is 0 Å². The summed E-state index contributed by atoms with van der Waals surface area (Å²) in [5, 5.41) is 0. The SMILES string of the molecule is CCOC(=O)c1ccc(N(CCC(C)C)c2ccc3c(c2)C(C)(C)CCN3C(C)C)cc1. The Morgan fingerprint density at radius 1 is 1.06 bits per heavy atom. The zero-order valence-electron chi connectivity index (χ0n) is 20.9. The van der Waals surface area contributed by atoms with E-state index in [-0.39, 0.29) is 11.4 Å². The van der Waals surface area contributed by atoms with Gasteiger partial charge >= 0.3 is 5.97 Å². The summed E-state index contributed by atoms with van der Waals surface area (Å²) in [7, 11) is 0. The van der Waals surface area contributed by atoms with Crippen LogP contribution in [0.2, 0.25) is 0 Å². The van der Waals surface area contributed by atoms with E-state index in [9.17, 15) is 4.79 Å². The summed E-state index contributed by atoms with van der Waals surface area (Å²) < 4.78 is 5.15. The molecular formula is C28H40N2O2. The van der Waals surface area contributed by atoms with E-state index in [1.807, 2.05) is 31.2 Å². The van der Waals surface area contributed by atoms with Crippen molar-refractivity contribution >= 4 is 23.0 Å². The number of carbonyl (C=O) groups is 1. The average molecular weight is 437 g/mol. The number of ether oxygens (including phenoxy) is 1. The second-order valence-electron chi connectivity index (χ2n) is 10.2. The highest BCUT2D eigenvalue weighted by Gasteiger charge is 2.32. The Balaban J connectivity index is 2.00. The Morgan fingerprint density at radius 3 is 2.31 bits per heavy atom. The molecule has 0 bridgehead atoms. The summed E-state index contributed by atoms with van der Waals surface area (Å²) in [6, 6.07) is 15.3. The van der Waals surface area contributed by atoms with E-state index in [0.29, 0.717) is 24.1 Å². The Kier molecular flexibility index (Phi) is 7.53. The van der Waals surface area contributed by atoms with Crippen LogP contribution >= 0.6 is 0 Å². The van der Waals surface area contributed by atoms with Crippen LogP contribution in [0.3, 0.4) is 0 Å². The maximum Gasteiger partial charge on any atom is 0.338 e. The fourth-order valence-electron chi connectivity index (χ4n) is 4.46. The van der Waals surface area contributed by atoms with Crippen LogP contribution in [0.5, 0.6) is 0 Å². The zero-order valence-corrected chi connectivity index (χ0v) is 20.9. The van der Waals surface area contributed by atoms with E-state index in [0.717, 1.165) is 31.6 Å². The molecule has 0 radical (unpaired) electrons. The van der Waals surface area contributed by atoms with Crippen LogP contribution in [0, 0.1) is 5.92 Å². The second-order valence-corrected chi connectivity index (χ2v) is 10.2. The molecule has 0 aromatic heterocycles. The van der Waals surface area contributed by atoms with E-state index in [2.05, 4.69) is 69.5 Å². The maximum absolute atomic E-state index is 12.1. The van der Waals surface area contributed by atoms with Crippen molar-refractivity contribution < 1.29 is 9.53 Å². The molecule has 0 unspecified atom stereocenters. The van der Waals surface area contributed by atoms with E-state index < -0.39 is 0 Å². The fourth-order valence-corrected chi connectivity index (χ4v) is 4.46. The van der Waals surface area contributed by atoms with Crippen LogP contribution in [-0.2, 0) is 10.2 Å². The first-order chi connectivity index (χ1) is 15.1. The third kappa shape index (κ3) is 5.28. The van der Waals surface area contributed by atoms with Crippen LogP contribution in [0.25, 0.3) is 0 Å². The predicted molar refractivity (Wildman–Crippen MR) is 135 cm³/mol. The van der Waals surface area contributed by atoms with Crippen molar-refractivity contribution in [1.82, 2.24) is 0 Å². The minimum atomic E-state index is -0.267. The molecule has 0 spiro atoms. The standard InChI is InChI=1S/C28H40N2O2/c1-8-32-27(31)22-9-11-23(12-10-22)30(17-15-20(2)3)24-13-14-26-25(19-24)28(6,7)16-18-29(26)21(4)5/h9-14,19-21H,8,15-18H2,1-7H3. The number of esters is 1. The third-order valence-electron chi connectivity index (χ3n) is 6.55. The molecule has 1 aliphatic rings. The molecule has 0 saturated heterocycles.